The fraction of sp³-hybridized carbons (Fsp3) is 0.417. The summed E-state index contributed by atoms with van der Waals surface area (Å²) in [7, 11) is 0. The first kappa shape index (κ1) is 12.9. The number of pyridine rings is 1. The Kier molecular flexibility index (Phi) is 2.88. The molecule has 20 heavy (non-hydrogen) atoms. The lowest BCUT2D eigenvalue weighted by atomic mass is 10.2. The molecule has 2 aromatic heterocycles. The molecule has 0 atom stereocenters. The van der Waals surface area contributed by atoms with Gasteiger partial charge >= 0.3 is 6.18 Å². The highest BCUT2D eigenvalue weighted by atomic mass is 19.4. The second-order valence-electron chi connectivity index (χ2n) is 4.67. The molecule has 5 nitrogen and oxygen atoms in total. The molecule has 3 rings (SSSR count). The van der Waals surface area contributed by atoms with E-state index in [4.69, 9.17) is 0 Å². The molecule has 0 unspecified atom stereocenters. The first-order valence-electron chi connectivity index (χ1n) is 6.12. The Morgan fingerprint density at radius 1 is 1.20 bits per heavy atom. The van der Waals surface area contributed by atoms with E-state index < -0.39 is 12.0 Å². The predicted octanol–water partition coefficient (Wildman–Crippen LogP) is 2.02. The van der Waals surface area contributed by atoms with E-state index in [1.54, 1.807) is 6.20 Å². The molecular weight excluding hydrogens is 271 g/mol. The van der Waals surface area contributed by atoms with Crippen LogP contribution in [0, 0.1) is 6.92 Å². The van der Waals surface area contributed by atoms with Gasteiger partial charge in [-0.1, -0.05) is 0 Å². The van der Waals surface area contributed by atoms with E-state index in [1.807, 2.05) is 24.0 Å². The standard InChI is InChI=1S/C12H12F3N5/c1-8-6-9(2-3-16-8)19-4-5-20-10(7-19)17-18-11(20)12(13,14)15/h2-3,6H,4-5,7H2,1H3. The number of alkyl halides is 3. The quantitative estimate of drug-likeness (QED) is 0.803. The van der Waals surface area contributed by atoms with Gasteiger partial charge in [0.25, 0.3) is 0 Å². The average Bonchev–Trinajstić information content (AvgIpc) is 2.81. The smallest absolute Gasteiger partial charge is 0.362 e. The highest BCUT2D eigenvalue weighted by molar-refractivity contribution is 5.46. The van der Waals surface area contributed by atoms with Gasteiger partial charge in [0, 0.05) is 30.7 Å². The number of anilines is 1. The van der Waals surface area contributed by atoms with Crippen molar-refractivity contribution in [3.63, 3.8) is 0 Å². The van der Waals surface area contributed by atoms with E-state index in [0.717, 1.165) is 15.9 Å². The summed E-state index contributed by atoms with van der Waals surface area (Å²) in [5, 5.41) is 6.92. The minimum atomic E-state index is -4.46. The van der Waals surface area contributed by atoms with Crippen LogP contribution in [0.1, 0.15) is 17.3 Å². The van der Waals surface area contributed by atoms with Gasteiger partial charge in [-0.15, -0.1) is 10.2 Å². The fourth-order valence-corrected chi connectivity index (χ4v) is 2.32. The maximum Gasteiger partial charge on any atom is 0.451 e. The second kappa shape index (κ2) is 4.46. The summed E-state index contributed by atoms with van der Waals surface area (Å²) >= 11 is 0. The third-order valence-corrected chi connectivity index (χ3v) is 3.25. The van der Waals surface area contributed by atoms with Crippen molar-refractivity contribution in [2.75, 3.05) is 11.4 Å². The van der Waals surface area contributed by atoms with Crippen LogP contribution in [0.5, 0.6) is 0 Å². The normalized spacial score (nSPS) is 15.3. The van der Waals surface area contributed by atoms with Gasteiger partial charge in [0.1, 0.15) is 0 Å². The molecule has 0 saturated heterocycles. The topological polar surface area (TPSA) is 46.8 Å². The molecule has 3 heterocycles. The van der Waals surface area contributed by atoms with Gasteiger partial charge < -0.3 is 9.47 Å². The number of hydrogen-bond donors (Lipinski definition) is 0. The number of rotatable bonds is 1. The number of nitrogens with zero attached hydrogens (tertiary/aromatic N) is 5. The van der Waals surface area contributed by atoms with Crippen molar-refractivity contribution in [1.82, 2.24) is 19.7 Å². The molecule has 0 saturated carbocycles. The van der Waals surface area contributed by atoms with Crippen molar-refractivity contribution in [3.8, 4) is 0 Å². The van der Waals surface area contributed by atoms with E-state index in [2.05, 4.69) is 15.2 Å². The van der Waals surface area contributed by atoms with Crippen LogP contribution in [-0.4, -0.2) is 26.3 Å². The van der Waals surface area contributed by atoms with E-state index in [-0.39, 0.29) is 6.54 Å². The summed E-state index contributed by atoms with van der Waals surface area (Å²) in [6.07, 6.45) is -2.77. The lowest BCUT2D eigenvalue weighted by Crippen LogP contribution is -2.35. The van der Waals surface area contributed by atoms with Gasteiger partial charge in [0.15, 0.2) is 5.82 Å². The molecular formula is C12H12F3N5. The van der Waals surface area contributed by atoms with E-state index >= 15 is 0 Å². The van der Waals surface area contributed by atoms with E-state index in [0.29, 0.717) is 18.9 Å². The van der Waals surface area contributed by atoms with Crippen LogP contribution in [0.4, 0.5) is 18.9 Å². The summed E-state index contributed by atoms with van der Waals surface area (Å²) < 4.78 is 39.4. The summed E-state index contributed by atoms with van der Waals surface area (Å²) in [5.41, 5.74) is 1.80. The summed E-state index contributed by atoms with van der Waals surface area (Å²) in [6, 6.07) is 3.74. The molecule has 8 heteroatoms. The Morgan fingerprint density at radius 2 is 2.00 bits per heavy atom. The average molecular weight is 283 g/mol. The maximum absolute atomic E-state index is 12.7. The molecule has 0 bridgehead atoms. The minimum Gasteiger partial charge on any atom is -0.362 e. The molecule has 0 aliphatic carbocycles. The zero-order valence-electron chi connectivity index (χ0n) is 10.7. The zero-order chi connectivity index (χ0) is 14.3. The van der Waals surface area contributed by atoms with Crippen LogP contribution in [0.3, 0.4) is 0 Å². The molecule has 0 amide bonds. The van der Waals surface area contributed by atoms with Crippen LogP contribution in [0.2, 0.25) is 0 Å². The molecule has 0 fully saturated rings. The predicted molar refractivity (Wildman–Crippen MR) is 65.0 cm³/mol. The lowest BCUT2D eigenvalue weighted by molar-refractivity contribution is -0.147. The monoisotopic (exact) mass is 283 g/mol. The van der Waals surface area contributed by atoms with Crippen molar-refractivity contribution in [2.24, 2.45) is 0 Å². The van der Waals surface area contributed by atoms with Crippen LogP contribution in [0.15, 0.2) is 18.3 Å². The molecule has 0 spiro atoms. The van der Waals surface area contributed by atoms with Crippen molar-refractivity contribution in [3.05, 3.63) is 35.7 Å². The van der Waals surface area contributed by atoms with Gasteiger partial charge in [0.2, 0.25) is 5.82 Å². The summed E-state index contributed by atoms with van der Waals surface area (Å²) in [4.78, 5) is 6.08. The van der Waals surface area contributed by atoms with Gasteiger partial charge in [-0.05, 0) is 19.1 Å². The minimum absolute atomic E-state index is 0.221. The molecule has 0 aromatic carbocycles. The Labute approximate surface area is 113 Å². The lowest BCUT2D eigenvalue weighted by Gasteiger charge is -2.29. The first-order chi connectivity index (χ1) is 9.45. The number of hydrogen-bond acceptors (Lipinski definition) is 4. The fourth-order valence-electron chi connectivity index (χ4n) is 2.32. The van der Waals surface area contributed by atoms with Crippen LogP contribution in [0.25, 0.3) is 0 Å². The Bertz CT molecular complexity index is 634. The van der Waals surface area contributed by atoms with Crippen LogP contribution >= 0.6 is 0 Å². The highest BCUT2D eigenvalue weighted by Gasteiger charge is 2.39. The molecule has 2 aromatic rings. The van der Waals surface area contributed by atoms with Crippen molar-refractivity contribution < 1.29 is 13.2 Å². The van der Waals surface area contributed by atoms with Crippen molar-refractivity contribution >= 4 is 5.69 Å². The van der Waals surface area contributed by atoms with Crippen LogP contribution in [-0.2, 0) is 19.3 Å². The second-order valence-corrected chi connectivity index (χ2v) is 4.67. The molecule has 1 aliphatic heterocycles. The number of halogens is 3. The van der Waals surface area contributed by atoms with Crippen molar-refractivity contribution in [2.45, 2.75) is 26.2 Å². The molecule has 0 N–H and O–H groups in total. The molecule has 1 aliphatic rings. The highest BCUT2D eigenvalue weighted by Crippen LogP contribution is 2.30. The summed E-state index contributed by atoms with van der Waals surface area (Å²) in [6.45, 7) is 2.89. The SMILES string of the molecule is Cc1cc(N2CCn3c(nnc3C(F)(F)F)C2)ccn1. The van der Waals surface area contributed by atoms with Gasteiger partial charge in [-0.2, -0.15) is 13.2 Å². The summed E-state index contributed by atoms with van der Waals surface area (Å²) in [5.74, 6) is -0.587. The Balaban J connectivity index is 1.88. The third-order valence-electron chi connectivity index (χ3n) is 3.25. The van der Waals surface area contributed by atoms with Gasteiger partial charge in [-0.25, -0.2) is 0 Å². The van der Waals surface area contributed by atoms with Crippen molar-refractivity contribution in [1.29, 1.82) is 0 Å². The molecule has 106 valence electrons. The first-order valence-corrected chi connectivity index (χ1v) is 6.12. The number of aryl methyl sites for hydroxylation is 1. The van der Waals surface area contributed by atoms with Crippen LogP contribution < -0.4 is 4.90 Å². The number of fused-ring (bicyclic) bond motifs is 1. The van der Waals surface area contributed by atoms with Gasteiger partial charge in [-0.3, -0.25) is 4.98 Å². The maximum atomic E-state index is 12.7. The van der Waals surface area contributed by atoms with Gasteiger partial charge in [0.05, 0.1) is 6.54 Å². The largest absolute Gasteiger partial charge is 0.451 e. The Hall–Kier alpha value is -2.12. The zero-order valence-corrected chi connectivity index (χ0v) is 10.7. The number of aromatic nitrogens is 4. The third kappa shape index (κ3) is 2.21. The Morgan fingerprint density at radius 3 is 2.70 bits per heavy atom. The van der Waals surface area contributed by atoms with E-state index in [9.17, 15) is 13.2 Å². The molecule has 0 radical (unpaired) electrons. The van der Waals surface area contributed by atoms with E-state index in [1.165, 1.54) is 0 Å².